The van der Waals surface area contributed by atoms with Gasteiger partial charge in [0.1, 0.15) is 6.10 Å². The van der Waals surface area contributed by atoms with Crippen molar-refractivity contribution < 1.29 is 5.11 Å². The van der Waals surface area contributed by atoms with E-state index in [1.54, 1.807) is 0 Å². The minimum atomic E-state index is -0.512. The zero-order valence-electron chi connectivity index (χ0n) is 13.2. The van der Waals surface area contributed by atoms with Crippen molar-refractivity contribution in [1.29, 1.82) is 0 Å². The fraction of sp³-hybridized carbons (Fsp3) is 0.400. The van der Waals surface area contributed by atoms with Crippen LogP contribution in [0.2, 0.25) is 0 Å². The molecule has 1 N–H and O–H groups in total. The molecule has 1 unspecified atom stereocenters. The molecule has 2 aromatic rings. The van der Waals surface area contributed by atoms with Crippen LogP contribution in [0.5, 0.6) is 0 Å². The van der Waals surface area contributed by atoms with Gasteiger partial charge in [0.2, 0.25) is 0 Å². The number of benzene rings is 2. The first kappa shape index (κ1) is 14.3. The Morgan fingerprint density at radius 1 is 1.00 bits per heavy atom. The van der Waals surface area contributed by atoms with Gasteiger partial charge in [-0.3, -0.25) is 0 Å². The number of aryl methyl sites for hydroxylation is 3. The van der Waals surface area contributed by atoms with Crippen LogP contribution in [0.1, 0.15) is 64.7 Å². The molecule has 0 saturated heterocycles. The molecule has 0 heterocycles. The summed E-state index contributed by atoms with van der Waals surface area (Å²) < 4.78 is 0. The zero-order valence-corrected chi connectivity index (χ0v) is 13.2. The van der Waals surface area contributed by atoms with Crippen LogP contribution in [0.3, 0.4) is 0 Å². The van der Waals surface area contributed by atoms with Gasteiger partial charge in [0.15, 0.2) is 0 Å². The smallest absolute Gasteiger partial charge is 0.105 e. The van der Waals surface area contributed by atoms with Gasteiger partial charge in [0, 0.05) is 0 Å². The van der Waals surface area contributed by atoms with Crippen molar-refractivity contribution in [3.63, 3.8) is 0 Å². The Morgan fingerprint density at radius 3 is 2.19 bits per heavy atom. The Balaban J connectivity index is 2.05. The quantitative estimate of drug-likeness (QED) is 0.842. The number of hydrogen-bond acceptors (Lipinski definition) is 1. The summed E-state index contributed by atoms with van der Waals surface area (Å²) in [6, 6.07) is 12.8. The monoisotopic (exact) mass is 280 g/mol. The second kappa shape index (κ2) is 5.65. The Bertz CT molecular complexity index is 630. The van der Waals surface area contributed by atoms with Crippen LogP contribution >= 0.6 is 0 Å². The largest absolute Gasteiger partial charge is 0.384 e. The van der Waals surface area contributed by atoms with Gasteiger partial charge in [-0.15, -0.1) is 0 Å². The summed E-state index contributed by atoms with van der Waals surface area (Å²) in [7, 11) is 0. The first-order valence-corrected chi connectivity index (χ1v) is 7.92. The van der Waals surface area contributed by atoms with E-state index in [0.29, 0.717) is 5.92 Å². The lowest BCUT2D eigenvalue weighted by molar-refractivity contribution is 0.215. The van der Waals surface area contributed by atoms with Crippen LogP contribution in [0, 0.1) is 20.8 Å². The topological polar surface area (TPSA) is 20.2 Å². The molecule has 110 valence electrons. The lowest BCUT2D eigenvalue weighted by Gasteiger charge is -2.30. The average molecular weight is 280 g/mol. The maximum atomic E-state index is 11.0. The SMILES string of the molecule is Cc1cc(C)c(C(O)c2ccccc2C2CCC2)c(C)c1. The predicted octanol–water partition coefficient (Wildman–Crippen LogP) is 4.96. The van der Waals surface area contributed by atoms with Gasteiger partial charge in [0.05, 0.1) is 0 Å². The number of rotatable bonds is 3. The van der Waals surface area contributed by atoms with E-state index in [2.05, 4.69) is 51.1 Å². The fourth-order valence-corrected chi connectivity index (χ4v) is 3.63. The van der Waals surface area contributed by atoms with Crippen molar-refractivity contribution in [3.8, 4) is 0 Å². The Hall–Kier alpha value is -1.60. The van der Waals surface area contributed by atoms with Gasteiger partial charge in [-0.25, -0.2) is 0 Å². The molecule has 1 heteroatoms. The lowest BCUT2D eigenvalue weighted by Crippen LogP contribution is -2.14. The molecule has 1 nitrogen and oxygen atoms in total. The second-order valence-corrected chi connectivity index (χ2v) is 6.47. The molecule has 3 rings (SSSR count). The molecule has 21 heavy (non-hydrogen) atoms. The average Bonchev–Trinajstić information content (AvgIpc) is 2.36. The van der Waals surface area contributed by atoms with Crippen molar-refractivity contribution in [2.45, 2.75) is 52.1 Å². The van der Waals surface area contributed by atoms with Crippen molar-refractivity contribution in [1.82, 2.24) is 0 Å². The Kier molecular flexibility index (Phi) is 3.86. The second-order valence-electron chi connectivity index (χ2n) is 6.47. The van der Waals surface area contributed by atoms with Crippen molar-refractivity contribution >= 4 is 0 Å². The summed E-state index contributed by atoms with van der Waals surface area (Å²) in [5, 5.41) is 11.0. The highest BCUT2D eigenvalue weighted by molar-refractivity contribution is 5.45. The highest BCUT2D eigenvalue weighted by atomic mass is 16.3. The van der Waals surface area contributed by atoms with E-state index in [1.165, 1.54) is 41.5 Å². The maximum absolute atomic E-state index is 11.0. The summed E-state index contributed by atoms with van der Waals surface area (Å²) in [5.41, 5.74) is 7.14. The van der Waals surface area contributed by atoms with Gasteiger partial charge >= 0.3 is 0 Å². The molecular formula is C20H24O. The third kappa shape index (κ3) is 2.63. The molecule has 0 aromatic heterocycles. The van der Waals surface area contributed by atoms with Crippen LogP contribution < -0.4 is 0 Å². The van der Waals surface area contributed by atoms with E-state index in [9.17, 15) is 5.11 Å². The summed E-state index contributed by atoms with van der Waals surface area (Å²) in [6.07, 6.45) is 3.32. The molecule has 0 spiro atoms. The van der Waals surface area contributed by atoms with Crippen LogP contribution in [0.4, 0.5) is 0 Å². The summed E-state index contributed by atoms with van der Waals surface area (Å²) in [6.45, 7) is 6.31. The van der Waals surface area contributed by atoms with E-state index in [-0.39, 0.29) is 0 Å². The first-order valence-electron chi connectivity index (χ1n) is 7.92. The minimum Gasteiger partial charge on any atom is -0.384 e. The summed E-state index contributed by atoms with van der Waals surface area (Å²) in [4.78, 5) is 0. The van der Waals surface area contributed by atoms with Crippen molar-refractivity contribution in [2.75, 3.05) is 0 Å². The Labute approximate surface area is 127 Å². The fourth-order valence-electron chi connectivity index (χ4n) is 3.63. The van der Waals surface area contributed by atoms with Gasteiger partial charge in [-0.1, -0.05) is 48.4 Å². The van der Waals surface area contributed by atoms with E-state index in [1.807, 2.05) is 6.07 Å². The highest BCUT2D eigenvalue weighted by Crippen LogP contribution is 2.41. The molecule has 1 atom stereocenters. The van der Waals surface area contributed by atoms with Gasteiger partial charge < -0.3 is 5.11 Å². The standard InChI is InChI=1S/C20H24O/c1-13-11-14(2)19(15(3)12-13)20(21)18-10-5-4-9-17(18)16-7-6-8-16/h4-5,9-12,16,20-21H,6-8H2,1-3H3. The summed E-state index contributed by atoms with van der Waals surface area (Å²) >= 11 is 0. The number of aliphatic hydroxyl groups excluding tert-OH is 1. The molecule has 0 bridgehead atoms. The number of aliphatic hydroxyl groups is 1. The van der Waals surface area contributed by atoms with Crippen LogP contribution in [0.25, 0.3) is 0 Å². The third-order valence-electron chi connectivity index (χ3n) is 4.85. The van der Waals surface area contributed by atoms with Crippen molar-refractivity contribution in [3.05, 3.63) is 69.8 Å². The molecular weight excluding hydrogens is 256 g/mol. The molecule has 1 aliphatic rings. The predicted molar refractivity (Wildman–Crippen MR) is 87.7 cm³/mol. The summed E-state index contributed by atoms with van der Waals surface area (Å²) in [5.74, 6) is 0.641. The zero-order chi connectivity index (χ0) is 15.0. The minimum absolute atomic E-state index is 0.512. The van der Waals surface area contributed by atoms with Gasteiger partial charge in [0.25, 0.3) is 0 Å². The lowest BCUT2D eigenvalue weighted by atomic mass is 9.76. The van der Waals surface area contributed by atoms with Crippen molar-refractivity contribution in [2.24, 2.45) is 0 Å². The molecule has 0 radical (unpaired) electrons. The van der Waals surface area contributed by atoms with Gasteiger partial charge in [-0.05, 0) is 67.3 Å². The maximum Gasteiger partial charge on any atom is 0.105 e. The van der Waals surface area contributed by atoms with Crippen LogP contribution in [-0.4, -0.2) is 5.11 Å². The third-order valence-corrected chi connectivity index (χ3v) is 4.85. The molecule has 1 fully saturated rings. The molecule has 2 aromatic carbocycles. The normalized spacial score (nSPS) is 16.6. The van der Waals surface area contributed by atoms with E-state index in [0.717, 1.165) is 11.1 Å². The van der Waals surface area contributed by atoms with Gasteiger partial charge in [-0.2, -0.15) is 0 Å². The van der Waals surface area contributed by atoms with Crippen LogP contribution in [0.15, 0.2) is 36.4 Å². The molecule has 1 aliphatic carbocycles. The Morgan fingerprint density at radius 2 is 1.62 bits per heavy atom. The molecule has 0 aliphatic heterocycles. The first-order chi connectivity index (χ1) is 10.1. The highest BCUT2D eigenvalue weighted by Gasteiger charge is 2.25. The van der Waals surface area contributed by atoms with E-state index < -0.39 is 6.10 Å². The molecule has 0 amide bonds. The number of hydrogen-bond donors (Lipinski definition) is 1. The molecule has 1 saturated carbocycles. The van der Waals surface area contributed by atoms with E-state index >= 15 is 0 Å². The van der Waals surface area contributed by atoms with E-state index in [4.69, 9.17) is 0 Å². The van der Waals surface area contributed by atoms with Crippen LogP contribution in [-0.2, 0) is 0 Å².